The van der Waals surface area contributed by atoms with E-state index >= 15 is 0 Å². The largest absolute Gasteiger partial charge is 0.351 e. The highest BCUT2D eigenvalue weighted by Crippen LogP contribution is 2.30. The van der Waals surface area contributed by atoms with E-state index in [2.05, 4.69) is 17.4 Å². The lowest BCUT2D eigenvalue weighted by atomic mass is 10.1. The van der Waals surface area contributed by atoms with Crippen LogP contribution in [0.15, 0.2) is 42.5 Å². The lowest BCUT2D eigenvalue weighted by molar-refractivity contribution is -0.132. The highest BCUT2D eigenvalue weighted by atomic mass is 19.1. The molecular weight excluding hydrogens is 331 g/mol. The molecule has 1 heterocycles. The molecule has 0 aromatic heterocycles. The molecule has 0 saturated carbocycles. The van der Waals surface area contributed by atoms with Crippen molar-refractivity contribution in [1.82, 2.24) is 5.32 Å². The van der Waals surface area contributed by atoms with E-state index in [1.807, 2.05) is 6.07 Å². The predicted octanol–water partition coefficient (Wildman–Crippen LogP) is 2.98. The SMILES string of the molecule is O=C(NCc1ccc(F)cc1)[C@H]1CCN(c2ccc3c(c2)CCC3)C1=O. The van der Waals surface area contributed by atoms with Crippen molar-refractivity contribution in [3.63, 3.8) is 0 Å². The third-order valence-corrected chi connectivity index (χ3v) is 5.30. The van der Waals surface area contributed by atoms with Gasteiger partial charge < -0.3 is 10.2 Å². The van der Waals surface area contributed by atoms with E-state index < -0.39 is 5.92 Å². The third kappa shape index (κ3) is 3.21. The molecule has 134 valence electrons. The van der Waals surface area contributed by atoms with Gasteiger partial charge in [0.1, 0.15) is 11.7 Å². The minimum atomic E-state index is -0.649. The van der Waals surface area contributed by atoms with Crippen LogP contribution in [0, 0.1) is 11.7 Å². The van der Waals surface area contributed by atoms with Crippen molar-refractivity contribution in [2.75, 3.05) is 11.4 Å². The average Bonchev–Trinajstić information content (AvgIpc) is 3.26. The maximum absolute atomic E-state index is 12.9. The van der Waals surface area contributed by atoms with Crippen molar-refractivity contribution in [2.45, 2.75) is 32.2 Å². The minimum absolute atomic E-state index is 0.139. The molecule has 5 heteroatoms. The van der Waals surface area contributed by atoms with E-state index in [0.29, 0.717) is 19.5 Å². The first-order valence-electron chi connectivity index (χ1n) is 9.07. The van der Waals surface area contributed by atoms with Gasteiger partial charge in [0.15, 0.2) is 0 Å². The van der Waals surface area contributed by atoms with E-state index in [1.54, 1.807) is 17.0 Å². The van der Waals surface area contributed by atoms with Gasteiger partial charge in [-0.05, 0) is 66.6 Å². The Morgan fingerprint density at radius 2 is 1.88 bits per heavy atom. The van der Waals surface area contributed by atoms with E-state index in [0.717, 1.165) is 24.1 Å². The number of aryl methyl sites for hydroxylation is 2. The summed E-state index contributed by atoms with van der Waals surface area (Å²) >= 11 is 0. The van der Waals surface area contributed by atoms with Crippen LogP contribution in [-0.4, -0.2) is 18.4 Å². The number of anilines is 1. The van der Waals surface area contributed by atoms with Crippen molar-refractivity contribution in [1.29, 1.82) is 0 Å². The summed E-state index contributed by atoms with van der Waals surface area (Å²) in [6.07, 6.45) is 3.86. The number of halogens is 1. The maximum atomic E-state index is 12.9. The molecule has 1 fully saturated rings. The number of hydrogen-bond acceptors (Lipinski definition) is 2. The van der Waals surface area contributed by atoms with E-state index in [1.165, 1.54) is 29.7 Å². The molecule has 0 radical (unpaired) electrons. The number of nitrogens with one attached hydrogen (secondary N) is 1. The summed E-state index contributed by atoms with van der Waals surface area (Å²) in [7, 11) is 0. The van der Waals surface area contributed by atoms with Crippen molar-refractivity contribution >= 4 is 17.5 Å². The molecule has 1 atom stereocenters. The molecule has 2 aromatic rings. The van der Waals surface area contributed by atoms with Gasteiger partial charge in [0.05, 0.1) is 0 Å². The second-order valence-electron chi connectivity index (χ2n) is 6.98. The summed E-state index contributed by atoms with van der Waals surface area (Å²) in [5, 5.41) is 2.80. The van der Waals surface area contributed by atoms with E-state index in [4.69, 9.17) is 0 Å². The Morgan fingerprint density at radius 1 is 1.12 bits per heavy atom. The normalized spacial score (nSPS) is 18.9. The van der Waals surface area contributed by atoms with E-state index in [9.17, 15) is 14.0 Å². The molecule has 4 rings (SSSR count). The molecule has 0 bridgehead atoms. The zero-order valence-corrected chi connectivity index (χ0v) is 14.5. The lowest BCUT2D eigenvalue weighted by Gasteiger charge is -2.18. The highest BCUT2D eigenvalue weighted by molar-refractivity contribution is 6.09. The van der Waals surface area contributed by atoms with Crippen LogP contribution in [0.2, 0.25) is 0 Å². The van der Waals surface area contributed by atoms with Crippen LogP contribution in [-0.2, 0) is 29.0 Å². The van der Waals surface area contributed by atoms with Crippen LogP contribution in [0.4, 0.5) is 10.1 Å². The fourth-order valence-corrected chi connectivity index (χ4v) is 3.82. The Balaban J connectivity index is 1.40. The van der Waals surface area contributed by atoms with Gasteiger partial charge in [-0.2, -0.15) is 0 Å². The number of rotatable bonds is 4. The fraction of sp³-hybridized carbons (Fsp3) is 0.333. The van der Waals surface area contributed by atoms with Gasteiger partial charge in [-0.25, -0.2) is 4.39 Å². The van der Waals surface area contributed by atoms with Gasteiger partial charge in [-0.3, -0.25) is 9.59 Å². The molecule has 0 unspecified atom stereocenters. The molecule has 4 nitrogen and oxygen atoms in total. The van der Waals surface area contributed by atoms with Crippen LogP contribution in [0.3, 0.4) is 0 Å². The zero-order valence-electron chi connectivity index (χ0n) is 14.5. The summed E-state index contributed by atoms with van der Waals surface area (Å²) in [6.45, 7) is 0.855. The molecule has 1 aliphatic carbocycles. The minimum Gasteiger partial charge on any atom is -0.351 e. The zero-order chi connectivity index (χ0) is 18.1. The number of carbonyl (C=O) groups is 2. The Labute approximate surface area is 152 Å². The molecular formula is C21H21FN2O2. The number of fused-ring (bicyclic) bond motifs is 1. The Kier molecular flexibility index (Phi) is 4.45. The van der Waals surface area contributed by atoms with Crippen LogP contribution in [0.5, 0.6) is 0 Å². The van der Waals surface area contributed by atoms with Crippen molar-refractivity contribution < 1.29 is 14.0 Å². The summed E-state index contributed by atoms with van der Waals surface area (Å²) in [5.41, 5.74) is 4.39. The summed E-state index contributed by atoms with van der Waals surface area (Å²) in [5.74, 6) is -1.36. The van der Waals surface area contributed by atoms with Crippen LogP contribution in [0.25, 0.3) is 0 Å². The fourth-order valence-electron chi connectivity index (χ4n) is 3.82. The monoisotopic (exact) mass is 352 g/mol. The Hall–Kier alpha value is -2.69. The quantitative estimate of drug-likeness (QED) is 0.860. The van der Waals surface area contributed by atoms with Crippen molar-refractivity contribution in [3.05, 3.63) is 65.0 Å². The number of hydrogen-bond donors (Lipinski definition) is 1. The summed E-state index contributed by atoms with van der Waals surface area (Å²) in [4.78, 5) is 26.9. The first kappa shape index (κ1) is 16.8. The van der Waals surface area contributed by atoms with Crippen molar-refractivity contribution in [3.8, 4) is 0 Å². The maximum Gasteiger partial charge on any atom is 0.239 e. The molecule has 1 aliphatic heterocycles. The number of benzene rings is 2. The molecule has 2 aromatic carbocycles. The topological polar surface area (TPSA) is 49.4 Å². The third-order valence-electron chi connectivity index (χ3n) is 5.30. The van der Waals surface area contributed by atoms with Crippen LogP contribution in [0.1, 0.15) is 29.5 Å². The number of nitrogens with zero attached hydrogens (tertiary/aromatic N) is 1. The highest BCUT2D eigenvalue weighted by Gasteiger charge is 2.37. The van der Waals surface area contributed by atoms with Gasteiger partial charge in [0.25, 0.3) is 0 Å². The van der Waals surface area contributed by atoms with Gasteiger partial charge in [-0.15, -0.1) is 0 Å². The predicted molar refractivity (Wildman–Crippen MR) is 97.2 cm³/mol. The van der Waals surface area contributed by atoms with Gasteiger partial charge in [0, 0.05) is 18.8 Å². The Bertz CT molecular complexity index is 848. The van der Waals surface area contributed by atoms with Crippen LogP contribution >= 0.6 is 0 Å². The first-order valence-corrected chi connectivity index (χ1v) is 9.07. The lowest BCUT2D eigenvalue weighted by Crippen LogP contribution is -2.36. The van der Waals surface area contributed by atoms with Gasteiger partial charge >= 0.3 is 0 Å². The summed E-state index contributed by atoms with van der Waals surface area (Å²) < 4.78 is 12.9. The standard InChI is InChI=1S/C21H21FN2O2/c22-17-7-4-14(5-8-17)13-23-20(25)19-10-11-24(21(19)26)18-9-6-15-2-1-3-16(15)12-18/h4-9,12,19H,1-3,10-11,13H2,(H,23,25)/t19-/m1/s1. The van der Waals surface area contributed by atoms with Crippen LogP contribution < -0.4 is 10.2 Å². The van der Waals surface area contributed by atoms with Crippen molar-refractivity contribution in [2.24, 2.45) is 5.92 Å². The first-order chi connectivity index (χ1) is 12.6. The van der Waals surface area contributed by atoms with Gasteiger partial charge in [-0.1, -0.05) is 18.2 Å². The molecule has 2 amide bonds. The van der Waals surface area contributed by atoms with E-state index in [-0.39, 0.29) is 17.6 Å². The molecule has 26 heavy (non-hydrogen) atoms. The number of amides is 2. The average molecular weight is 352 g/mol. The van der Waals surface area contributed by atoms with Gasteiger partial charge in [0.2, 0.25) is 11.8 Å². The summed E-state index contributed by atoms with van der Waals surface area (Å²) in [6, 6.07) is 12.2. The number of carbonyl (C=O) groups excluding carboxylic acids is 2. The smallest absolute Gasteiger partial charge is 0.239 e. The molecule has 1 N–H and O–H groups in total. The molecule has 0 spiro atoms. The Morgan fingerprint density at radius 3 is 2.69 bits per heavy atom. The second-order valence-corrected chi connectivity index (χ2v) is 6.98. The second kappa shape index (κ2) is 6.90. The molecule has 2 aliphatic rings. The molecule has 1 saturated heterocycles.